The first-order valence-corrected chi connectivity index (χ1v) is 8.40. The molecule has 2 rings (SSSR count). The first kappa shape index (κ1) is 17.3. The summed E-state index contributed by atoms with van der Waals surface area (Å²) in [6.07, 6.45) is 2.16. The van der Waals surface area contributed by atoms with Gasteiger partial charge in [-0.1, -0.05) is 37.3 Å². The predicted molar refractivity (Wildman–Crippen MR) is 94.7 cm³/mol. The fourth-order valence-corrected chi connectivity index (χ4v) is 2.74. The fraction of sp³-hybridized carbons (Fsp3) is 0.556. The summed E-state index contributed by atoms with van der Waals surface area (Å²) in [5.74, 6) is 1.43. The van der Waals surface area contributed by atoms with Crippen LogP contribution < -0.4 is 5.32 Å². The van der Waals surface area contributed by atoms with Gasteiger partial charge in [-0.2, -0.15) is 0 Å². The van der Waals surface area contributed by atoms with Crippen molar-refractivity contribution < 1.29 is 4.79 Å². The highest BCUT2D eigenvalue weighted by Gasteiger charge is 2.26. The van der Waals surface area contributed by atoms with E-state index < -0.39 is 0 Å². The second-order valence-corrected chi connectivity index (χ2v) is 6.20. The summed E-state index contributed by atoms with van der Waals surface area (Å²) >= 11 is 0. The van der Waals surface area contributed by atoms with Gasteiger partial charge in [-0.05, 0) is 18.4 Å². The van der Waals surface area contributed by atoms with Crippen molar-refractivity contribution in [3.63, 3.8) is 0 Å². The van der Waals surface area contributed by atoms with Gasteiger partial charge in [0.05, 0.1) is 0 Å². The Morgan fingerprint density at radius 1 is 1.35 bits per heavy atom. The lowest BCUT2D eigenvalue weighted by molar-refractivity contribution is -0.127. The first-order chi connectivity index (χ1) is 11.1. The molecule has 1 aliphatic heterocycles. The molecule has 1 aromatic rings. The van der Waals surface area contributed by atoms with Crippen molar-refractivity contribution in [2.24, 2.45) is 4.99 Å². The molecule has 23 heavy (non-hydrogen) atoms. The molecule has 1 aromatic carbocycles. The molecule has 126 valence electrons. The topological polar surface area (TPSA) is 47.9 Å². The summed E-state index contributed by atoms with van der Waals surface area (Å²) in [5.41, 5.74) is 1.38. The molecule has 1 unspecified atom stereocenters. The van der Waals surface area contributed by atoms with Crippen molar-refractivity contribution in [3.05, 3.63) is 35.9 Å². The number of guanidine groups is 1. The monoisotopic (exact) mass is 316 g/mol. The maximum Gasteiger partial charge on any atom is 0.243 e. The van der Waals surface area contributed by atoms with Crippen LogP contribution in [0.5, 0.6) is 0 Å². The average Bonchev–Trinajstić information content (AvgIpc) is 3.05. The second-order valence-electron chi connectivity index (χ2n) is 6.20. The van der Waals surface area contributed by atoms with E-state index in [1.165, 1.54) is 5.56 Å². The van der Waals surface area contributed by atoms with Crippen LogP contribution in [0.4, 0.5) is 0 Å². The number of aliphatic imine (C=N–C) groups is 1. The van der Waals surface area contributed by atoms with Gasteiger partial charge in [0.15, 0.2) is 5.96 Å². The van der Waals surface area contributed by atoms with Gasteiger partial charge in [-0.3, -0.25) is 4.79 Å². The molecular weight excluding hydrogens is 288 g/mol. The normalized spacial score (nSPS) is 18.1. The van der Waals surface area contributed by atoms with E-state index in [1.54, 1.807) is 19.0 Å². The molecule has 0 spiro atoms. The first-order valence-electron chi connectivity index (χ1n) is 8.40. The van der Waals surface area contributed by atoms with Crippen LogP contribution in [0.2, 0.25) is 0 Å². The maximum absolute atomic E-state index is 11.8. The van der Waals surface area contributed by atoms with E-state index in [4.69, 9.17) is 0 Å². The second kappa shape index (κ2) is 8.56. The number of likely N-dealkylation sites (tertiary alicyclic amines) is 1. The Bertz CT molecular complexity index is 527. The summed E-state index contributed by atoms with van der Waals surface area (Å²) in [5, 5.41) is 3.38. The quantitative estimate of drug-likeness (QED) is 0.667. The fourth-order valence-electron chi connectivity index (χ4n) is 2.74. The van der Waals surface area contributed by atoms with Gasteiger partial charge >= 0.3 is 0 Å². The number of benzene rings is 1. The number of carbonyl (C=O) groups is 1. The molecule has 0 radical (unpaired) electrons. The molecule has 1 aliphatic rings. The van der Waals surface area contributed by atoms with Crippen molar-refractivity contribution in [2.75, 3.05) is 40.3 Å². The Morgan fingerprint density at radius 2 is 2.09 bits per heavy atom. The molecule has 5 heteroatoms. The molecule has 1 saturated heterocycles. The Morgan fingerprint density at radius 3 is 2.74 bits per heavy atom. The summed E-state index contributed by atoms with van der Waals surface area (Å²) in [4.78, 5) is 20.2. The van der Waals surface area contributed by atoms with Crippen LogP contribution in [0.15, 0.2) is 35.3 Å². The Kier molecular flexibility index (Phi) is 6.44. The minimum atomic E-state index is 0.0274. The van der Waals surface area contributed by atoms with Crippen molar-refractivity contribution in [1.29, 1.82) is 0 Å². The van der Waals surface area contributed by atoms with Crippen molar-refractivity contribution in [2.45, 2.75) is 25.7 Å². The molecule has 5 nitrogen and oxygen atoms in total. The molecule has 1 atom stereocenters. The largest absolute Gasteiger partial charge is 0.356 e. The molecular formula is C18H28N4O. The van der Waals surface area contributed by atoms with Gasteiger partial charge in [0.2, 0.25) is 5.91 Å². The van der Waals surface area contributed by atoms with Gasteiger partial charge in [0.1, 0.15) is 6.54 Å². The van der Waals surface area contributed by atoms with Gasteiger partial charge in [0.25, 0.3) is 0 Å². The van der Waals surface area contributed by atoms with E-state index in [-0.39, 0.29) is 12.5 Å². The van der Waals surface area contributed by atoms with E-state index >= 15 is 0 Å². The third-order valence-corrected chi connectivity index (χ3v) is 4.15. The number of nitrogens with zero attached hydrogens (tertiary/aromatic N) is 3. The molecule has 0 bridgehead atoms. The molecule has 0 saturated carbocycles. The lowest BCUT2D eigenvalue weighted by atomic mass is 9.99. The van der Waals surface area contributed by atoms with Crippen LogP contribution in [0.3, 0.4) is 0 Å². The lowest BCUT2D eigenvalue weighted by Crippen LogP contribution is -2.41. The van der Waals surface area contributed by atoms with Gasteiger partial charge < -0.3 is 15.1 Å². The molecule has 1 heterocycles. The smallest absolute Gasteiger partial charge is 0.243 e. The van der Waals surface area contributed by atoms with Crippen molar-refractivity contribution >= 4 is 11.9 Å². The lowest BCUT2D eigenvalue weighted by Gasteiger charge is -2.22. The number of likely N-dealkylation sites (N-methyl/N-ethyl adjacent to an activating group) is 1. The van der Waals surface area contributed by atoms with Crippen LogP contribution >= 0.6 is 0 Å². The van der Waals surface area contributed by atoms with E-state index in [0.717, 1.165) is 38.4 Å². The third-order valence-electron chi connectivity index (χ3n) is 4.15. The minimum Gasteiger partial charge on any atom is -0.356 e. The van der Waals surface area contributed by atoms with Crippen LogP contribution in [0.1, 0.15) is 31.2 Å². The van der Waals surface area contributed by atoms with Gasteiger partial charge in [-0.15, -0.1) is 0 Å². The van der Waals surface area contributed by atoms with Crippen LogP contribution in [-0.4, -0.2) is 61.9 Å². The number of hydrogen-bond donors (Lipinski definition) is 1. The summed E-state index contributed by atoms with van der Waals surface area (Å²) in [6, 6.07) is 10.6. The highest BCUT2D eigenvalue weighted by atomic mass is 16.2. The zero-order valence-corrected chi connectivity index (χ0v) is 14.5. The van der Waals surface area contributed by atoms with Gasteiger partial charge in [0, 0.05) is 39.6 Å². The molecule has 1 amide bonds. The van der Waals surface area contributed by atoms with Crippen molar-refractivity contribution in [3.8, 4) is 0 Å². The average molecular weight is 316 g/mol. The number of hydrogen-bond acceptors (Lipinski definition) is 2. The van der Waals surface area contributed by atoms with E-state index in [2.05, 4.69) is 52.5 Å². The minimum absolute atomic E-state index is 0.0274. The Labute approximate surface area is 139 Å². The summed E-state index contributed by atoms with van der Waals surface area (Å²) < 4.78 is 0. The maximum atomic E-state index is 11.8. The number of amides is 1. The molecule has 0 aliphatic carbocycles. The van der Waals surface area contributed by atoms with Gasteiger partial charge in [-0.25, -0.2) is 4.99 Å². The van der Waals surface area contributed by atoms with Crippen LogP contribution in [-0.2, 0) is 4.79 Å². The van der Waals surface area contributed by atoms with Crippen molar-refractivity contribution in [1.82, 2.24) is 15.1 Å². The SMILES string of the molecule is CCCNC(=NCC(=O)N(C)C)N1CCC(c2ccccc2)C1. The predicted octanol–water partition coefficient (Wildman–Crippen LogP) is 1.92. The highest BCUT2D eigenvalue weighted by Crippen LogP contribution is 2.26. The van der Waals surface area contributed by atoms with Crippen LogP contribution in [0.25, 0.3) is 0 Å². The zero-order valence-electron chi connectivity index (χ0n) is 14.5. The number of nitrogens with one attached hydrogen (secondary N) is 1. The molecule has 0 aromatic heterocycles. The van der Waals surface area contributed by atoms with E-state index in [9.17, 15) is 4.79 Å². The number of carbonyl (C=O) groups excluding carboxylic acids is 1. The van der Waals surface area contributed by atoms with E-state index in [1.807, 2.05) is 0 Å². The third kappa shape index (κ3) is 4.98. The van der Waals surface area contributed by atoms with Crippen LogP contribution in [0, 0.1) is 0 Å². The zero-order chi connectivity index (χ0) is 16.7. The summed E-state index contributed by atoms with van der Waals surface area (Å²) in [6.45, 7) is 5.14. The molecule has 1 N–H and O–H groups in total. The standard InChI is InChI=1S/C18H28N4O/c1-4-11-19-18(20-13-17(23)21(2)3)22-12-10-16(14-22)15-8-6-5-7-9-15/h5-9,16H,4,10-14H2,1-3H3,(H,19,20). The Balaban J connectivity index is 2.02. The Hall–Kier alpha value is -2.04. The summed E-state index contributed by atoms with van der Waals surface area (Å²) in [7, 11) is 3.52. The van der Waals surface area contributed by atoms with E-state index in [0.29, 0.717) is 5.92 Å². The highest BCUT2D eigenvalue weighted by molar-refractivity contribution is 5.85. The number of rotatable bonds is 5. The molecule has 1 fully saturated rings.